The highest BCUT2D eigenvalue weighted by atomic mass is 16.5. The average Bonchev–Trinajstić information content (AvgIpc) is 2.09. The Kier molecular flexibility index (Phi) is 4.82. The number of esters is 1. The van der Waals surface area contributed by atoms with Gasteiger partial charge in [0.25, 0.3) is 0 Å². The topological polar surface area (TPSA) is 52.3 Å². The minimum atomic E-state index is -0.294. The van der Waals surface area contributed by atoms with Crippen molar-refractivity contribution in [3.05, 3.63) is 0 Å². The van der Waals surface area contributed by atoms with Crippen molar-refractivity contribution < 1.29 is 9.53 Å². The lowest BCUT2D eigenvalue weighted by molar-refractivity contribution is -0.153. The van der Waals surface area contributed by atoms with Crippen molar-refractivity contribution in [1.29, 1.82) is 0 Å². The van der Waals surface area contributed by atoms with Crippen LogP contribution in [0.1, 0.15) is 66.7 Å². The van der Waals surface area contributed by atoms with Gasteiger partial charge in [-0.25, -0.2) is 0 Å². The summed E-state index contributed by atoms with van der Waals surface area (Å²) in [5.41, 5.74) is 5.87. The van der Waals surface area contributed by atoms with Gasteiger partial charge < -0.3 is 10.5 Å². The molecule has 1 aliphatic rings. The van der Waals surface area contributed by atoms with Crippen LogP contribution in [0.15, 0.2) is 0 Å². The molecule has 0 aromatic heterocycles. The molecule has 0 spiro atoms. The fraction of sp³-hybridized carbons (Fsp3) is 0.933. The summed E-state index contributed by atoms with van der Waals surface area (Å²) < 4.78 is 5.60. The second-order valence-corrected chi connectivity index (χ2v) is 7.51. The second kappa shape index (κ2) is 5.60. The Morgan fingerprint density at radius 2 is 2.00 bits per heavy atom. The lowest BCUT2D eigenvalue weighted by atomic mass is 9.71. The lowest BCUT2D eigenvalue weighted by Crippen LogP contribution is -2.35. The van der Waals surface area contributed by atoms with E-state index in [1.807, 2.05) is 13.8 Å². The molecule has 0 aromatic rings. The maximum atomic E-state index is 11.8. The van der Waals surface area contributed by atoms with Crippen molar-refractivity contribution in [1.82, 2.24) is 0 Å². The Bertz CT molecular complexity index is 291. The molecule has 0 saturated heterocycles. The molecule has 0 aliphatic heterocycles. The van der Waals surface area contributed by atoms with Crippen molar-refractivity contribution in [2.45, 2.75) is 78.4 Å². The van der Waals surface area contributed by atoms with Gasteiger partial charge in [-0.15, -0.1) is 0 Å². The van der Waals surface area contributed by atoms with Gasteiger partial charge in [-0.1, -0.05) is 20.8 Å². The minimum Gasteiger partial charge on any atom is -0.462 e. The summed E-state index contributed by atoms with van der Waals surface area (Å²) in [6.07, 6.45) is 4.40. The lowest BCUT2D eigenvalue weighted by Gasteiger charge is -2.38. The van der Waals surface area contributed by atoms with Gasteiger partial charge >= 0.3 is 5.97 Å². The predicted molar refractivity (Wildman–Crippen MR) is 74.2 cm³/mol. The van der Waals surface area contributed by atoms with Gasteiger partial charge in [-0.2, -0.15) is 0 Å². The highest BCUT2D eigenvalue weighted by Crippen LogP contribution is 2.39. The Labute approximate surface area is 111 Å². The molecule has 1 aliphatic carbocycles. The van der Waals surface area contributed by atoms with E-state index < -0.39 is 0 Å². The van der Waals surface area contributed by atoms with Gasteiger partial charge in [0, 0.05) is 12.0 Å². The molecule has 1 fully saturated rings. The molecule has 1 saturated carbocycles. The molecule has 0 aromatic carbocycles. The number of carbonyl (C=O) groups is 1. The Morgan fingerprint density at radius 1 is 1.39 bits per heavy atom. The van der Waals surface area contributed by atoms with Crippen LogP contribution in [0.3, 0.4) is 0 Å². The van der Waals surface area contributed by atoms with E-state index >= 15 is 0 Å². The average molecular weight is 255 g/mol. The first kappa shape index (κ1) is 15.5. The van der Waals surface area contributed by atoms with Crippen LogP contribution in [-0.2, 0) is 9.53 Å². The van der Waals surface area contributed by atoms with E-state index in [0.717, 1.165) is 12.8 Å². The predicted octanol–water partition coefficient (Wildman–Crippen LogP) is 3.26. The summed E-state index contributed by atoms with van der Waals surface area (Å²) >= 11 is 0. The maximum Gasteiger partial charge on any atom is 0.306 e. The van der Waals surface area contributed by atoms with E-state index in [0.29, 0.717) is 18.8 Å². The van der Waals surface area contributed by atoms with Crippen LogP contribution in [-0.4, -0.2) is 17.6 Å². The van der Waals surface area contributed by atoms with Crippen molar-refractivity contribution in [2.75, 3.05) is 0 Å². The van der Waals surface area contributed by atoms with Gasteiger partial charge in [0.1, 0.15) is 6.10 Å². The van der Waals surface area contributed by atoms with Gasteiger partial charge in [0.05, 0.1) is 0 Å². The number of hydrogen-bond acceptors (Lipinski definition) is 3. The van der Waals surface area contributed by atoms with Crippen LogP contribution in [0.4, 0.5) is 0 Å². The van der Waals surface area contributed by atoms with E-state index in [1.54, 1.807) is 0 Å². The molecule has 2 unspecified atom stereocenters. The van der Waals surface area contributed by atoms with Crippen LogP contribution in [0.5, 0.6) is 0 Å². The molecule has 0 heterocycles. The van der Waals surface area contributed by atoms with E-state index in [-0.39, 0.29) is 23.0 Å². The van der Waals surface area contributed by atoms with Crippen LogP contribution in [0, 0.1) is 11.3 Å². The monoisotopic (exact) mass is 255 g/mol. The molecular weight excluding hydrogens is 226 g/mol. The molecule has 18 heavy (non-hydrogen) atoms. The standard InChI is InChI=1S/C15H29NO2/c1-11-8-12(10-14(2,3)9-11)18-13(17)6-7-15(4,5)16/h11-12H,6-10,16H2,1-5H3. The third-order valence-corrected chi connectivity index (χ3v) is 3.62. The first-order valence-corrected chi connectivity index (χ1v) is 7.06. The van der Waals surface area contributed by atoms with Gasteiger partial charge in [-0.3, -0.25) is 4.79 Å². The molecule has 106 valence electrons. The molecule has 0 bridgehead atoms. The normalized spacial score (nSPS) is 27.9. The van der Waals surface area contributed by atoms with Gasteiger partial charge in [0.2, 0.25) is 0 Å². The zero-order valence-electron chi connectivity index (χ0n) is 12.6. The highest BCUT2D eigenvalue weighted by molar-refractivity contribution is 5.69. The fourth-order valence-corrected chi connectivity index (χ4v) is 3.02. The number of ether oxygens (including phenoxy) is 1. The largest absolute Gasteiger partial charge is 0.462 e. The molecule has 2 atom stereocenters. The zero-order chi connectivity index (χ0) is 14.0. The molecule has 1 rings (SSSR count). The summed E-state index contributed by atoms with van der Waals surface area (Å²) in [5, 5.41) is 0. The number of rotatable bonds is 4. The molecule has 3 nitrogen and oxygen atoms in total. The number of nitrogens with two attached hydrogens (primary N) is 1. The van der Waals surface area contributed by atoms with Crippen LogP contribution in [0.2, 0.25) is 0 Å². The van der Waals surface area contributed by atoms with E-state index in [2.05, 4.69) is 20.8 Å². The third-order valence-electron chi connectivity index (χ3n) is 3.62. The number of hydrogen-bond donors (Lipinski definition) is 1. The van der Waals surface area contributed by atoms with Crippen LogP contribution < -0.4 is 5.73 Å². The molecule has 0 amide bonds. The van der Waals surface area contributed by atoms with Crippen molar-refractivity contribution >= 4 is 5.97 Å². The molecule has 2 N–H and O–H groups in total. The van der Waals surface area contributed by atoms with E-state index in [9.17, 15) is 4.79 Å². The van der Waals surface area contributed by atoms with E-state index in [4.69, 9.17) is 10.5 Å². The summed E-state index contributed by atoms with van der Waals surface area (Å²) in [7, 11) is 0. The summed E-state index contributed by atoms with van der Waals surface area (Å²) in [5.74, 6) is 0.543. The minimum absolute atomic E-state index is 0.0941. The fourth-order valence-electron chi connectivity index (χ4n) is 3.02. The summed E-state index contributed by atoms with van der Waals surface area (Å²) in [6.45, 7) is 10.6. The Balaban J connectivity index is 2.40. The number of carbonyl (C=O) groups excluding carboxylic acids is 1. The Morgan fingerprint density at radius 3 is 2.50 bits per heavy atom. The van der Waals surface area contributed by atoms with Crippen LogP contribution >= 0.6 is 0 Å². The van der Waals surface area contributed by atoms with Crippen molar-refractivity contribution in [3.63, 3.8) is 0 Å². The van der Waals surface area contributed by atoms with Crippen molar-refractivity contribution in [2.24, 2.45) is 17.1 Å². The highest BCUT2D eigenvalue weighted by Gasteiger charge is 2.34. The van der Waals surface area contributed by atoms with Crippen molar-refractivity contribution in [3.8, 4) is 0 Å². The summed E-state index contributed by atoms with van der Waals surface area (Å²) in [6, 6.07) is 0. The third kappa shape index (κ3) is 5.85. The molecule has 3 heteroatoms. The molecule has 0 radical (unpaired) electrons. The van der Waals surface area contributed by atoms with Crippen LogP contribution in [0.25, 0.3) is 0 Å². The smallest absolute Gasteiger partial charge is 0.306 e. The molecular formula is C15H29NO2. The SMILES string of the molecule is CC1CC(OC(=O)CCC(C)(C)N)CC(C)(C)C1. The maximum absolute atomic E-state index is 11.8. The zero-order valence-corrected chi connectivity index (χ0v) is 12.6. The van der Waals surface area contributed by atoms with E-state index in [1.165, 1.54) is 6.42 Å². The van der Waals surface area contributed by atoms with Gasteiger partial charge in [0.15, 0.2) is 0 Å². The second-order valence-electron chi connectivity index (χ2n) is 7.51. The van der Waals surface area contributed by atoms with Gasteiger partial charge in [-0.05, 0) is 50.9 Å². The first-order valence-electron chi connectivity index (χ1n) is 7.06. The quantitative estimate of drug-likeness (QED) is 0.784. The first-order chi connectivity index (χ1) is 8.07. The Hall–Kier alpha value is -0.570. The summed E-state index contributed by atoms with van der Waals surface area (Å²) in [4.78, 5) is 11.8.